The Hall–Kier alpha value is -2.00. The summed E-state index contributed by atoms with van der Waals surface area (Å²) in [5, 5.41) is 4.08. The SMILES string of the molecule is NCCCCC(N)C(=O)NCCOCCON1Cc2ccccc2C1=O. The molecule has 144 valence electrons. The summed E-state index contributed by atoms with van der Waals surface area (Å²) in [7, 11) is 0. The van der Waals surface area contributed by atoms with Crippen molar-refractivity contribution in [2.75, 3.05) is 32.9 Å². The van der Waals surface area contributed by atoms with Gasteiger partial charge in [0, 0.05) is 12.1 Å². The summed E-state index contributed by atoms with van der Waals surface area (Å²) in [6.45, 7) is 2.41. The first-order chi connectivity index (χ1) is 12.6. The minimum atomic E-state index is -0.507. The maximum atomic E-state index is 12.1. The van der Waals surface area contributed by atoms with E-state index in [1.165, 1.54) is 5.06 Å². The average molecular weight is 364 g/mol. The molecule has 0 radical (unpaired) electrons. The van der Waals surface area contributed by atoms with Crippen molar-refractivity contribution in [2.24, 2.45) is 11.5 Å². The van der Waals surface area contributed by atoms with E-state index in [4.69, 9.17) is 21.0 Å². The van der Waals surface area contributed by atoms with Crippen molar-refractivity contribution in [2.45, 2.75) is 31.8 Å². The van der Waals surface area contributed by atoms with Crippen molar-refractivity contribution in [3.63, 3.8) is 0 Å². The Morgan fingerprint density at radius 2 is 2.04 bits per heavy atom. The minimum Gasteiger partial charge on any atom is -0.377 e. The first-order valence-electron chi connectivity index (χ1n) is 8.97. The molecular weight excluding hydrogens is 336 g/mol. The monoisotopic (exact) mass is 364 g/mol. The van der Waals surface area contributed by atoms with Crippen LogP contribution in [-0.2, 0) is 20.9 Å². The lowest BCUT2D eigenvalue weighted by Crippen LogP contribution is -2.41. The van der Waals surface area contributed by atoms with Crippen molar-refractivity contribution in [3.8, 4) is 0 Å². The Bertz CT molecular complexity index is 596. The number of nitrogens with two attached hydrogens (primary N) is 2. The van der Waals surface area contributed by atoms with Gasteiger partial charge in [0.15, 0.2) is 0 Å². The van der Waals surface area contributed by atoms with Gasteiger partial charge in [0.1, 0.15) is 0 Å². The largest absolute Gasteiger partial charge is 0.377 e. The highest BCUT2D eigenvalue weighted by molar-refractivity contribution is 5.97. The number of carbonyl (C=O) groups excluding carboxylic acids is 2. The topological polar surface area (TPSA) is 120 Å². The van der Waals surface area contributed by atoms with E-state index in [1.807, 2.05) is 18.2 Å². The first kappa shape index (κ1) is 20.3. The minimum absolute atomic E-state index is 0.128. The van der Waals surface area contributed by atoms with Crippen LogP contribution in [0.3, 0.4) is 0 Å². The number of hydrogen-bond donors (Lipinski definition) is 3. The molecule has 0 bridgehead atoms. The fourth-order valence-corrected chi connectivity index (χ4v) is 2.66. The van der Waals surface area contributed by atoms with Crippen LogP contribution in [0.15, 0.2) is 24.3 Å². The number of benzene rings is 1. The summed E-state index contributed by atoms with van der Waals surface area (Å²) in [4.78, 5) is 29.3. The predicted molar refractivity (Wildman–Crippen MR) is 97.0 cm³/mol. The highest BCUT2D eigenvalue weighted by atomic mass is 16.7. The van der Waals surface area contributed by atoms with Gasteiger partial charge in [0.25, 0.3) is 5.91 Å². The smallest absolute Gasteiger partial charge is 0.278 e. The Morgan fingerprint density at radius 1 is 1.23 bits per heavy atom. The lowest BCUT2D eigenvalue weighted by molar-refractivity contribution is -0.137. The number of nitrogens with one attached hydrogen (secondary N) is 1. The highest BCUT2D eigenvalue weighted by Crippen LogP contribution is 2.22. The molecule has 2 rings (SSSR count). The van der Waals surface area contributed by atoms with Crippen LogP contribution in [0.4, 0.5) is 0 Å². The quantitative estimate of drug-likeness (QED) is 0.455. The molecule has 1 aliphatic heterocycles. The summed E-state index contributed by atoms with van der Waals surface area (Å²) in [5.74, 6) is -0.307. The van der Waals surface area contributed by atoms with E-state index in [1.54, 1.807) is 6.07 Å². The predicted octanol–water partition coefficient (Wildman–Crippen LogP) is 0.163. The van der Waals surface area contributed by atoms with E-state index in [2.05, 4.69) is 5.32 Å². The van der Waals surface area contributed by atoms with E-state index in [9.17, 15) is 9.59 Å². The lowest BCUT2D eigenvalue weighted by Gasteiger charge is -2.15. The number of ether oxygens (including phenoxy) is 1. The molecule has 0 aliphatic carbocycles. The molecular formula is C18H28N4O4. The van der Waals surface area contributed by atoms with Crippen molar-refractivity contribution in [3.05, 3.63) is 35.4 Å². The summed E-state index contributed by atoms with van der Waals surface area (Å²) >= 11 is 0. The second-order valence-electron chi connectivity index (χ2n) is 6.13. The number of hydrogen-bond acceptors (Lipinski definition) is 6. The number of hydroxylamine groups is 2. The van der Waals surface area contributed by atoms with Gasteiger partial charge in [-0.15, -0.1) is 0 Å². The molecule has 26 heavy (non-hydrogen) atoms. The molecule has 1 heterocycles. The summed E-state index contributed by atoms with van der Waals surface area (Å²) in [6.07, 6.45) is 2.34. The standard InChI is InChI=1S/C18H28N4O4/c19-8-4-3-7-16(20)17(23)21-9-10-25-11-12-26-22-13-14-5-1-2-6-15(14)18(22)24/h1-2,5-6,16H,3-4,7-13,19-20H2,(H,21,23). The second-order valence-corrected chi connectivity index (χ2v) is 6.13. The van der Waals surface area contributed by atoms with E-state index in [0.29, 0.717) is 44.8 Å². The van der Waals surface area contributed by atoms with Crippen LogP contribution >= 0.6 is 0 Å². The Kier molecular flexibility index (Phi) is 8.49. The molecule has 8 nitrogen and oxygen atoms in total. The van der Waals surface area contributed by atoms with Crippen LogP contribution in [0.5, 0.6) is 0 Å². The van der Waals surface area contributed by atoms with E-state index < -0.39 is 6.04 Å². The van der Waals surface area contributed by atoms with Crippen molar-refractivity contribution in [1.82, 2.24) is 10.4 Å². The maximum absolute atomic E-state index is 12.1. The Balaban J connectivity index is 1.50. The molecule has 1 atom stereocenters. The van der Waals surface area contributed by atoms with E-state index in [-0.39, 0.29) is 18.4 Å². The molecule has 0 fully saturated rings. The van der Waals surface area contributed by atoms with Gasteiger partial charge in [0.05, 0.1) is 32.4 Å². The molecule has 0 spiro atoms. The highest BCUT2D eigenvalue weighted by Gasteiger charge is 2.27. The van der Waals surface area contributed by atoms with Crippen LogP contribution in [0, 0.1) is 0 Å². The number of unbranched alkanes of at least 4 members (excludes halogenated alkanes) is 1. The zero-order valence-electron chi connectivity index (χ0n) is 15.0. The van der Waals surface area contributed by atoms with Gasteiger partial charge < -0.3 is 21.5 Å². The normalized spacial score (nSPS) is 14.4. The van der Waals surface area contributed by atoms with Crippen molar-refractivity contribution >= 4 is 11.8 Å². The van der Waals surface area contributed by atoms with Gasteiger partial charge in [-0.2, -0.15) is 0 Å². The summed E-state index contributed by atoms with van der Waals surface area (Å²) in [5.41, 5.74) is 12.8. The number of carbonyl (C=O) groups is 2. The Morgan fingerprint density at radius 3 is 2.81 bits per heavy atom. The van der Waals surface area contributed by atoms with E-state index >= 15 is 0 Å². The molecule has 0 aromatic heterocycles. The third-order valence-electron chi connectivity index (χ3n) is 4.11. The zero-order valence-corrected chi connectivity index (χ0v) is 15.0. The van der Waals surface area contributed by atoms with Gasteiger partial charge in [-0.3, -0.25) is 14.4 Å². The van der Waals surface area contributed by atoms with Gasteiger partial charge in [-0.1, -0.05) is 24.6 Å². The summed E-state index contributed by atoms with van der Waals surface area (Å²) < 4.78 is 5.40. The van der Waals surface area contributed by atoms with Crippen LogP contribution in [0.2, 0.25) is 0 Å². The molecule has 1 unspecified atom stereocenters. The molecule has 2 amide bonds. The number of amides is 2. The molecule has 0 saturated heterocycles. The molecule has 1 aromatic carbocycles. The van der Waals surface area contributed by atoms with Gasteiger partial charge >= 0.3 is 0 Å². The van der Waals surface area contributed by atoms with Crippen molar-refractivity contribution < 1.29 is 19.2 Å². The van der Waals surface area contributed by atoms with Gasteiger partial charge in [0.2, 0.25) is 5.91 Å². The molecule has 1 aromatic rings. The molecule has 0 saturated carbocycles. The van der Waals surface area contributed by atoms with E-state index in [0.717, 1.165) is 18.4 Å². The maximum Gasteiger partial charge on any atom is 0.278 e. The number of nitrogens with zero attached hydrogens (tertiary/aromatic N) is 1. The van der Waals surface area contributed by atoms with Crippen LogP contribution < -0.4 is 16.8 Å². The van der Waals surface area contributed by atoms with Crippen molar-refractivity contribution in [1.29, 1.82) is 0 Å². The number of rotatable bonds is 12. The molecule has 8 heteroatoms. The number of fused-ring (bicyclic) bond motifs is 1. The van der Waals surface area contributed by atoms with Gasteiger partial charge in [-0.05, 0) is 31.0 Å². The van der Waals surface area contributed by atoms with Crippen LogP contribution in [-0.4, -0.2) is 55.8 Å². The van der Waals surface area contributed by atoms with Gasteiger partial charge in [-0.25, -0.2) is 5.06 Å². The second kappa shape index (κ2) is 10.9. The fraction of sp³-hybridized carbons (Fsp3) is 0.556. The molecule has 1 aliphatic rings. The first-order valence-corrected chi connectivity index (χ1v) is 8.97. The lowest BCUT2D eigenvalue weighted by atomic mass is 10.1. The summed E-state index contributed by atoms with van der Waals surface area (Å²) in [6, 6.07) is 6.93. The molecule has 5 N–H and O–H groups in total. The third-order valence-corrected chi connectivity index (χ3v) is 4.11. The zero-order chi connectivity index (χ0) is 18.8. The Labute approximate surface area is 153 Å². The fourth-order valence-electron chi connectivity index (χ4n) is 2.66. The third kappa shape index (κ3) is 6.06. The van der Waals surface area contributed by atoms with Crippen LogP contribution in [0.25, 0.3) is 0 Å². The average Bonchev–Trinajstić information content (AvgIpc) is 2.97. The van der Waals surface area contributed by atoms with Crippen LogP contribution in [0.1, 0.15) is 35.2 Å².